The van der Waals surface area contributed by atoms with Crippen LogP contribution in [-0.2, 0) is 9.59 Å². The average molecular weight is 284 g/mol. The van der Waals surface area contributed by atoms with E-state index in [1.165, 1.54) is 0 Å². The van der Waals surface area contributed by atoms with E-state index in [2.05, 4.69) is 17.6 Å². The molecule has 1 amide bonds. The van der Waals surface area contributed by atoms with Gasteiger partial charge in [0.25, 0.3) is 0 Å². The number of amides is 1. The second kappa shape index (κ2) is 6.57. The summed E-state index contributed by atoms with van der Waals surface area (Å²) in [4.78, 5) is 24.1. The van der Waals surface area contributed by atoms with Crippen LogP contribution in [0.3, 0.4) is 0 Å². The molecule has 5 nitrogen and oxygen atoms in total. The number of carbonyl (C=O) groups is 2. The van der Waals surface area contributed by atoms with Crippen LogP contribution in [0, 0.1) is 10.8 Å². The smallest absolute Gasteiger partial charge is 0.326 e. The van der Waals surface area contributed by atoms with Gasteiger partial charge in [-0.1, -0.05) is 34.1 Å². The van der Waals surface area contributed by atoms with E-state index < -0.39 is 22.8 Å². The molecular weight excluding hydrogens is 256 g/mol. The van der Waals surface area contributed by atoms with Crippen molar-refractivity contribution in [3.8, 4) is 0 Å². The van der Waals surface area contributed by atoms with Crippen molar-refractivity contribution in [3.05, 3.63) is 0 Å². The van der Waals surface area contributed by atoms with Gasteiger partial charge in [0.2, 0.25) is 5.91 Å². The van der Waals surface area contributed by atoms with Crippen LogP contribution in [-0.4, -0.2) is 36.1 Å². The topological polar surface area (TPSA) is 78.4 Å². The molecule has 1 rings (SSSR count). The van der Waals surface area contributed by atoms with Crippen molar-refractivity contribution in [2.45, 2.75) is 59.4 Å². The van der Waals surface area contributed by atoms with Gasteiger partial charge in [-0.15, -0.1) is 0 Å². The van der Waals surface area contributed by atoms with Gasteiger partial charge in [-0.25, -0.2) is 4.79 Å². The molecule has 3 N–H and O–H groups in total. The number of hydrogen-bond donors (Lipinski definition) is 3. The van der Waals surface area contributed by atoms with E-state index in [4.69, 9.17) is 0 Å². The Hall–Kier alpha value is -1.10. The van der Waals surface area contributed by atoms with Crippen LogP contribution < -0.4 is 10.6 Å². The fraction of sp³-hybridized carbons (Fsp3) is 0.867. The molecule has 5 heteroatoms. The summed E-state index contributed by atoms with van der Waals surface area (Å²) in [6.45, 7) is 9.21. The third-order valence-electron chi connectivity index (χ3n) is 4.16. The van der Waals surface area contributed by atoms with E-state index in [9.17, 15) is 14.7 Å². The highest BCUT2D eigenvalue weighted by atomic mass is 16.4. The molecule has 0 saturated carbocycles. The minimum atomic E-state index is -0.966. The largest absolute Gasteiger partial charge is 0.480 e. The normalized spacial score (nSPS) is 20.2. The number of carbonyl (C=O) groups excluding carboxylic acids is 1. The van der Waals surface area contributed by atoms with Crippen molar-refractivity contribution < 1.29 is 14.7 Å². The van der Waals surface area contributed by atoms with Crippen molar-refractivity contribution in [1.82, 2.24) is 10.6 Å². The Labute approximate surface area is 121 Å². The summed E-state index contributed by atoms with van der Waals surface area (Å²) in [5.41, 5.74) is -0.902. The fourth-order valence-electron chi connectivity index (χ4n) is 2.91. The molecule has 1 unspecified atom stereocenters. The molecule has 0 aliphatic carbocycles. The van der Waals surface area contributed by atoms with Gasteiger partial charge in [0.05, 0.1) is 5.41 Å². The van der Waals surface area contributed by atoms with Crippen molar-refractivity contribution in [1.29, 1.82) is 0 Å². The van der Waals surface area contributed by atoms with Gasteiger partial charge in [0.15, 0.2) is 0 Å². The standard InChI is InChI=1S/C15H28N2O3/c1-5-6-15(7-9-16-10-8-15)13(20)17-11(12(18)19)14(2,3)4/h11,16H,5-10H2,1-4H3,(H,17,20)(H,18,19). The van der Waals surface area contributed by atoms with Crippen LogP contribution in [0.4, 0.5) is 0 Å². The molecule has 1 saturated heterocycles. The van der Waals surface area contributed by atoms with Gasteiger partial charge in [0.1, 0.15) is 6.04 Å². The second-order valence-corrected chi connectivity index (χ2v) is 6.89. The zero-order valence-corrected chi connectivity index (χ0v) is 13.1. The predicted octanol–water partition coefficient (Wildman–Crippen LogP) is 1.77. The van der Waals surface area contributed by atoms with Crippen molar-refractivity contribution in [2.75, 3.05) is 13.1 Å². The van der Waals surface area contributed by atoms with Crippen LogP contribution in [0.25, 0.3) is 0 Å². The molecular formula is C15H28N2O3. The van der Waals surface area contributed by atoms with Crippen molar-refractivity contribution in [3.63, 3.8) is 0 Å². The van der Waals surface area contributed by atoms with Gasteiger partial charge in [-0.3, -0.25) is 4.79 Å². The maximum atomic E-state index is 12.7. The summed E-state index contributed by atoms with van der Waals surface area (Å²) < 4.78 is 0. The zero-order chi connectivity index (χ0) is 15.4. The number of rotatable bonds is 5. The molecule has 0 bridgehead atoms. The number of nitrogens with one attached hydrogen (secondary N) is 2. The Bertz CT molecular complexity index is 349. The van der Waals surface area contributed by atoms with Crippen molar-refractivity contribution in [2.24, 2.45) is 10.8 Å². The SMILES string of the molecule is CCCC1(C(=O)NC(C(=O)O)C(C)(C)C)CCNCC1. The first-order valence-electron chi connectivity index (χ1n) is 7.47. The first-order valence-corrected chi connectivity index (χ1v) is 7.47. The van der Waals surface area contributed by atoms with E-state index in [1.807, 2.05) is 20.8 Å². The first-order chi connectivity index (χ1) is 9.23. The minimum Gasteiger partial charge on any atom is -0.480 e. The molecule has 0 radical (unpaired) electrons. The highest BCUT2D eigenvalue weighted by Gasteiger charge is 2.42. The second-order valence-electron chi connectivity index (χ2n) is 6.89. The van der Waals surface area contributed by atoms with Crippen LogP contribution in [0.1, 0.15) is 53.4 Å². The van der Waals surface area contributed by atoms with E-state index in [-0.39, 0.29) is 5.91 Å². The molecule has 0 aromatic carbocycles. The molecule has 116 valence electrons. The average Bonchev–Trinajstić information content (AvgIpc) is 2.35. The van der Waals surface area contributed by atoms with E-state index >= 15 is 0 Å². The molecule has 1 heterocycles. The maximum absolute atomic E-state index is 12.7. The fourth-order valence-corrected chi connectivity index (χ4v) is 2.91. The molecule has 20 heavy (non-hydrogen) atoms. The lowest BCUT2D eigenvalue weighted by Gasteiger charge is -2.38. The molecule has 0 spiro atoms. The molecule has 1 atom stereocenters. The number of aliphatic carboxylic acids is 1. The minimum absolute atomic E-state index is 0.0943. The van der Waals surface area contributed by atoms with Gasteiger partial charge < -0.3 is 15.7 Å². The van der Waals surface area contributed by atoms with Crippen LogP contribution >= 0.6 is 0 Å². The van der Waals surface area contributed by atoms with Crippen LogP contribution in [0.15, 0.2) is 0 Å². The van der Waals surface area contributed by atoms with Crippen molar-refractivity contribution >= 4 is 11.9 Å². The Balaban J connectivity index is 2.87. The lowest BCUT2D eigenvalue weighted by atomic mass is 9.74. The van der Waals surface area contributed by atoms with Gasteiger partial charge in [-0.05, 0) is 37.8 Å². The summed E-state index contributed by atoms with van der Waals surface area (Å²) in [5, 5.41) is 15.4. The summed E-state index contributed by atoms with van der Waals surface area (Å²) in [6, 6.07) is -0.849. The molecule has 0 aromatic heterocycles. The third-order valence-corrected chi connectivity index (χ3v) is 4.16. The lowest BCUT2D eigenvalue weighted by Crippen LogP contribution is -2.55. The predicted molar refractivity (Wildman–Crippen MR) is 78.5 cm³/mol. The summed E-state index contributed by atoms with van der Waals surface area (Å²) in [7, 11) is 0. The van der Waals surface area contributed by atoms with Crippen LogP contribution in [0.2, 0.25) is 0 Å². The van der Waals surface area contributed by atoms with Gasteiger partial charge in [-0.2, -0.15) is 0 Å². The monoisotopic (exact) mass is 284 g/mol. The van der Waals surface area contributed by atoms with Gasteiger partial charge >= 0.3 is 5.97 Å². The molecule has 1 aliphatic heterocycles. The number of piperidine rings is 1. The van der Waals surface area contributed by atoms with Gasteiger partial charge in [0, 0.05) is 0 Å². The number of carboxylic acids is 1. The van der Waals surface area contributed by atoms with E-state index in [1.54, 1.807) is 0 Å². The Morgan fingerprint density at radius 1 is 1.30 bits per heavy atom. The Morgan fingerprint density at radius 3 is 2.25 bits per heavy atom. The van der Waals surface area contributed by atoms with E-state index in [0.717, 1.165) is 38.8 Å². The maximum Gasteiger partial charge on any atom is 0.326 e. The number of hydrogen-bond acceptors (Lipinski definition) is 3. The summed E-state index contributed by atoms with van der Waals surface area (Å²) in [6.07, 6.45) is 3.31. The summed E-state index contributed by atoms with van der Waals surface area (Å²) >= 11 is 0. The van der Waals surface area contributed by atoms with E-state index in [0.29, 0.717) is 0 Å². The number of carboxylic acid groups (broad SMARTS) is 1. The highest BCUT2D eigenvalue weighted by Crippen LogP contribution is 2.35. The lowest BCUT2D eigenvalue weighted by molar-refractivity contribution is -0.147. The molecule has 1 aliphatic rings. The zero-order valence-electron chi connectivity index (χ0n) is 13.1. The quantitative estimate of drug-likeness (QED) is 0.719. The highest BCUT2D eigenvalue weighted by molar-refractivity contribution is 5.88. The Kier molecular flexibility index (Phi) is 5.57. The van der Waals surface area contributed by atoms with Crippen LogP contribution in [0.5, 0.6) is 0 Å². The Morgan fingerprint density at radius 2 is 1.85 bits per heavy atom. The molecule has 1 fully saturated rings. The first kappa shape index (κ1) is 17.0. The third kappa shape index (κ3) is 3.95. The summed E-state index contributed by atoms with van der Waals surface area (Å²) in [5.74, 6) is -1.06. The molecule has 0 aromatic rings.